The molecule has 1 aliphatic heterocycles. The Balaban J connectivity index is 1.89. The van der Waals surface area contributed by atoms with Crippen LogP contribution in [0.4, 0.5) is 0 Å². The van der Waals surface area contributed by atoms with Gasteiger partial charge in [-0.3, -0.25) is 9.36 Å². The van der Waals surface area contributed by atoms with E-state index in [-0.39, 0.29) is 12.2 Å². The maximum absolute atomic E-state index is 13.4. The van der Waals surface area contributed by atoms with Crippen molar-refractivity contribution in [1.82, 2.24) is 4.57 Å². The molecule has 0 aliphatic carbocycles. The molecule has 0 amide bonds. The highest BCUT2D eigenvalue weighted by Gasteiger charge is 2.33. The van der Waals surface area contributed by atoms with Crippen LogP contribution in [0.25, 0.3) is 6.08 Å². The summed E-state index contributed by atoms with van der Waals surface area (Å²) in [7, 11) is 0. The van der Waals surface area contributed by atoms with Crippen LogP contribution in [0.3, 0.4) is 0 Å². The highest BCUT2D eigenvalue weighted by molar-refractivity contribution is 7.10. The van der Waals surface area contributed by atoms with Gasteiger partial charge in [0.05, 0.1) is 29.0 Å². The van der Waals surface area contributed by atoms with Crippen molar-refractivity contribution in [2.75, 3.05) is 13.2 Å². The Labute approximate surface area is 187 Å². The second-order valence-electron chi connectivity index (χ2n) is 6.82. The standard InChI is InChI=1S/C23H22N2O4S2/c1-4-28-16-9-6-8-15(12-16)13-18-21(26)25-20(17-10-7-11-30-17)19(22(27)29-5-2)14(3)24-23(25)31-18/h6-13,20H,4-5H2,1-3H3/b18-13-/t20-/m0/s1. The van der Waals surface area contributed by atoms with Gasteiger partial charge in [0.25, 0.3) is 5.56 Å². The Kier molecular flexibility index (Phi) is 6.20. The Hall–Kier alpha value is -2.97. The fourth-order valence-electron chi connectivity index (χ4n) is 3.52. The predicted molar refractivity (Wildman–Crippen MR) is 122 cm³/mol. The molecule has 8 heteroatoms. The van der Waals surface area contributed by atoms with Gasteiger partial charge in [0.15, 0.2) is 4.80 Å². The number of ether oxygens (including phenoxy) is 2. The Morgan fingerprint density at radius 2 is 2.06 bits per heavy atom. The lowest BCUT2D eigenvalue weighted by molar-refractivity contribution is -0.139. The van der Waals surface area contributed by atoms with Gasteiger partial charge in [-0.25, -0.2) is 9.79 Å². The van der Waals surface area contributed by atoms with Crippen molar-refractivity contribution in [3.63, 3.8) is 0 Å². The van der Waals surface area contributed by atoms with E-state index in [1.54, 1.807) is 18.4 Å². The summed E-state index contributed by atoms with van der Waals surface area (Å²) in [5.74, 6) is 0.307. The third kappa shape index (κ3) is 4.13. The molecular weight excluding hydrogens is 432 g/mol. The third-order valence-corrected chi connectivity index (χ3v) is 6.70. The van der Waals surface area contributed by atoms with Crippen LogP contribution in [-0.2, 0) is 9.53 Å². The number of fused-ring (bicyclic) bond motifs is 1. The molecular formula is C23H22N2O4S2. The highest BCUT2D eigenvalue weighted by atomic mass is 32.1. The first-order valence-electron chi connectivity index (χ1n) is 9.99. The second kappa shape index (κ2) is 9.03. The normalized spacial score (nSPS) is 16.1. The first-order valence-corrected chi connectivity index (χ1v) is 11.7. The van der Waals surface area contributed by atoms with E-state index in [1.807, 2.05) is 54.8 Å². The first-order chi connectivity index (χ1) is 15.0. The lowest BCUT2D eigenvalue weighted by Crippen LogP contribution is -2.39. The van der Waals surface area contributed by atoms with Gasteiger partial charge in [-0.05, 0) is 56.0 Å². The van der Waals surface area contributed by atoms with E-state index in [0.717, 1.165) is 16.2 Å². The van der Waals surface area contributed by atoms with E-state index in [2.05, 4.69) is 4.99 Å². The maximum Gasteiger partial charge on any atom is 0.338 e. The topological polar surface area (TPSA) is 69.9 Å². The number of hydrogen-bond acceptors (Lipinski definition) is 7. The molecule has 1 aromatic carbocycles. The summed E-state index contributed by atoms with van der Waals surface area (Å²) in [6.45, 7) is 6.31. The number of hydrogen-bond donors (Lipinski definition) is 0. The molecule has 0 N–H and O–H groups in total. The SMILES string of the molecule is CCOC(=O)C1=C(C)N=c2s/c(=C\c3cccc(OCC)c3)c(=O)n2[C@H]1c1cccs1. The van der Waals surface area contributed by atoms with Crippen LogP contribution in [-0.4, -0.2) is 23.8 Å². The van der Waals surface area contributed by atoms with Crippen molar-refractivity contribution in [1.29, 1.82) is 0 Å². The summed E-state index contributed by atoms with van der Waals surface area (Å²) < 4.78 is 13.0. The number of benzene rings is 1. The number of thiazole rings is 1. The Morgan fingerprint density at radius 3 is 2.77 bits per heavy atom. The Morgan fingerprint density at radius 1 is 1.23 bits per heavy atom. The molecule has 6 nitrogen and oxygen atoms in total. The van der Waals surface area contributed by atoms with E-state index < -0.39 is 12.0 Å². The van der Waals surface area contributed by atoms with Gasteiger partial charge in [-0.1, -0.05) is 29.5 Å². The first kappa shape index (κ1) is 21.3. The van der Waals surface area contributed by atoms with Gasteiger partial charge in [0.2, 0.25) is 0 Å². The average molecular weight is 455 g/mol. The maximum atomic E-state index is 13.4. The number of aromatic nitrogens is 1. The number of carbonyl (C=O) groups is 1. The molecule has 0 saturated heterocycles. The predicted octanol–water partition coefficient (Wildman–Crippen LogP) is 3.26. The molecule has 160 valence electrons. The van der Waals surface area contributed by atoms with Crippen molar-refractivity contribution in [2.24, 2.45) is 4.99 Å². The molecule has 0 spiro atoms. The monoisotopic (exact) mass is 454 g/mol. The zero-order valence-corrected chi connectivity index (χ0v) is 19.1. The lowest BCUT2D eigenvalue weighted by atomic mass is 10.0. The van der Waals surface area contributed by atoms with Gasteiger partial charge >= 0.3 is 5.97 Å². The highest BCUT2D eigenvalue weighted by Crippen LogP contribution is 2.33. The van der Waals surface area contributed by atoms with Crippen molar-refractivity contribution < 1.29 is 14.3 Å². The van der Waals surface area contributed by atoms with Gasteiger partial charge in [0, 0.05) is 4.88 Å². The number of allylic oxidation sites excluding steroid dienone is 1. The van der Waals surface area contributed by atoms with Crippen LogP contribution < -0.4 is 19.6 Å². The van der Waals surface area contributed by atoms with Crippen LogP contribution in [0.1, 0.15) is 37.3 Å². The number of rotatable bonds is 6. The fraction of sp³-hybridized carbons (Fsp3) is 0.261. The number of thiophene rings is 1. The molecule has 0 unspecified atom stereocenters. The van der Waals surface area contributed by atoms with Crippen LogP contribution in [0, 0.1) is 0 Å². The molecule has 4 rings (SSSR count). The third-order valence-electron chi connectivity index (χ3n) is 4.80. The molecule has 0 saturated carbocycles. The number of esters is 1. The molecule has 31 heavy (non-hydrogen) atoms. The van der Waals surface area contributed by atoms with E-state index >= 15 is 0 Å². The van der Waals surface area contributed by atoms with Crippen molar-refractivity contribution >= 4 is 34.7 Å². The van der Waals surface area contributed by atoms with Crippen molar-refractivity contribution in [3.8, 4) is 5.75 Å². The smallest absolute Gasteiger partial charge is 0.338 e. The number of carbonyl (C=O) groups excluding carboxylic acids is 1. The summed E-state index contributed by atoms with van der Waals surface area (Å²) >= 11 is 2.81. The molecule has 1 aliphatic rings. The largest absolute Gasteiger partial charge is 0.494 e. The van der Waals surface area contributed by atoms with E-state index in [9.17, 15) is 9.59 Å². The average Bonchev–Trinajstić information content (AvgIpc) is 3.37. The summed E-state index contributed by atoms with van der Waals surface area (Å²) in [4.78, 5) is 32.3. The van der Waals surface area contributed by atoms with Crippen molar-refractivity contribution in [2.45, 2.75) is 26.8 Å². The Bertz CT molecular complexity index is 1320. The van der Waals surface area contributed by atoms with Gasteiger partial charge in [-0.15, -0.1) is 11.3 Å². The van der Waals surface area contributed by atoms with E-state index in [0.29, 0.717) is 27.2 Å². The summed E-state index contributed by atoms with van der Waals surface area (Å²) in [6, 6.07) is 10.9. The molecule has 0 fully saturated rings. The van der Waals surface area contributed by atoms with Crippen LogP contribution >= 0.6 is 22.7 Å². The second-order valence-corrected chi connectivity index (χ2v) is 8.81. The fourth-order valence-corrected chi connectivity index (χ4v) is 5.39. The minimum atomic E-state index is -0.549. The van der Waals surface area contributed by atoms with Crippen LogP contribution in [0.2, 0.25) is 0 Å². The van der Waals surface area contributed by atoms with Gasteiger partial charge in [-0.2, -0.15) is 0 Å². The molecule has 0 radical (unpaired) electrons. The quantitative estimate of drug-likeness (QED) is 0.536. The minimum absolute atomic E-state index is 0.182. The summed E-state index contributed by atoms with van der Waals surface area (Å²) in [6.07, 6.45) is 1.83. The lowest BCUT2D eigenvalue weighted by Gasteiger charge is -2.23. The molecule has 1 atom stereocenters. The van der Waals surface area contributed by atoms with Crippen LogP contribution in [0.15, 0.2) is 62.8 Å². The van der Waals surface area contributed by atoms with E-state index in [4.69, 9.17) is 9.47 Å². The summed E-state index contributed by atoms with van der Waals surface area (Å²) in [5.41, 5.74) is 1.66. The zero-order chi connectivity index (χ0) is 22.0. The van der Waals surface area contributed by atoms with Crippen LogP contribution in [0.5, 0.6) is 5.75 Å². The number of nitrogens with zero attached hydrogens (tertiary/aromatic N) is 2. The van der Waals surface area contributed by atoms with Gasteiger partial charge < -0.3 is 9.47 Å². The molecule has 0 bridgehead atoms. The van der Waals surface area contributed by atoms with Crippen molar-refractivity contribution in [3.05, 3.63) is 83.2 Å². The molecule has 3 aromatic rings. The summed E-state index contributed by atoms with van der Waals surface area (Å²) in [5, 5.41) is 1.93. The molecule has 2 aromatic heterocycles. The minimum Gasteiger partial charge on any atom is -0.494 e. The zero-order valence-electron chi connectivity index (χ0n) is 17.5. The van der Waals surface area contributed by atoms with E-state index in [1.165, 1.54) is 22.7 Å². The molecule has 3 heterocycles. The van der Waals surface area contributed by atoms with Gasteiger partial charge in [0.1, 0.15) is 11.8 Å².